The highest BCUT2D eigenvalue weighted by Gasteiger charge is 2.32. The van der Waals surface area contributed by atoms with Crippen LogP contribution in [0.25, 0.3) is 0 Å². The maximum absolute atomic E-state index is 12.4. The molecule has 1 fully saturated rings. The maximum atomic E-state index is 12.4. The normalized spacial score (nSPS) is 18.5. The number of ether oxygens (including phenoxy) is 1. The van der Waals surface area contributed by atoms with Gasteiger partial charge in [-0.15, -0.1) is 25.6 Å². The third-order valence-corrected chi connectivity index (χ3v) is 3.47. The number of rotatable bonds is 3. The van der Waals surface area contributed by atoms with Crippen LogP contribution >= 0.6 is 12.4 Å². The molecule has 0 aromatic heterocycles. The van der Waals surface area contributed by atoms with Crippen molar-refractivity contribution in [1.29, 1.82) is 0 Å². The molecule has 1 aromatic rings. The van der Waals surface area contributed by atoms with Crippen LogP contribution in [0.3, 0.4) is 0 Å². The first-order valence-electron chi connectivity index (χ1n) is 6.77. The maximum Gasteiger partial charge on any atom is 0.573 e. The molecule has 1 aliphatic rings. The van der Waals surface area contributed by atoms with Gasteiger partial charge in [0.25, 0.3) is 5.91 Å². The summed E-state index contributed by atoms with van der Waals surface area (Å²) in [6.45, 7) is 0.926. The van der Waals surface area contributed by atoms with Crippen molar-refractivity contribution in [3.05, 3.63) is 29.8 Å². The van der Waals surface area contributed by atoms with Crippen molar-refractivity contribution in [3.63, 3.8) is 0 Å². The van der Waals surface area contributed by atoms with Gasteiger partial charge in [0, 0.05) is 24.7 Å². The van der Waals surface area contributed by atoms with E-state index in [0.29, 0.717) is 13.1 Å². The number of alkyl halides is 3. The summed E-state index contributed by atoms with van der Waals surface area (Å²) in [4.78, 5) is 14.1. The van der Waals surface area contributed by atoms with Gasteiger partial charge in [0.05, 0.1) is 0 Å². The highest BCUT2D eigenvalue weighted by molar-refractivity contribution is 5.94. The number of hydrogen-bond donors (Lipinski definition) is 1. The minimum absolute atomic E-state index is 0. The first-order chi connectivity index (χ1) is 9.90. The van der Waals surface area contributed by atoms with Crippen LogP contribution in [0.5, 0.6) is 5.75 Å². The molecule has 2 N–H and O–H groups in total. The second-order valence-electron chi connectivity index (χ2n) is 4.96. The Labute approximate surface area is 132 Å². The summed E-state index contributed by atoms with van der Waals surface area (Å²) in [5.74, 6) is -0.701. The van der Waals surface area contributed by atoms with Gasteiger partial charge in [-0.25, -0.2) is 0 Å². The molecule has 0 saturated carbocycles. The molecule has 1 atom stereocenters. The number of benzene rings is 1. The fourth-order valence-electron chi connectivity index (χ4n) is 2.51. The first kappa shape index (κ1) is 18.6. The van der Waals surface area contributed by atoms with Crippen LogP contribution in [-0.2, 0) is 0 Å². The SMILES string of the molecule is Cl.NCC1CCCCN1C(=O)c1cccc(OC(F)(F)F)c1. The van der Waals surface area contributed by atoms with Crippen molar-refractivity contribution in [3.8, 4) is 5.75 Å². The molecule has 124 valence electrons. The fraction of sp³-hybridized carbons (Fsp3) is 0.500. The van der Waals surface area contributed by atoms with Gasteiger partial charge in [-0.3, -0.25) is 4.79 Å². The minimum atomic E-state index is -4.77. The number of halogens is 4. The summed E-state index contributed by atoms with van der Waals surface area (Å²) >= 11 is 0. The molecule has 1 aromatic carbocycles. The second-order valence-corrected chi connectivity index (χ2v) is 4.96. The van der Waals surface area contributed by atoms with E-state index in [-0.39, 0.29) is 29.9 Å². The van der Waals surface area contributed by atoms with E-state index in [1.54, 1.807) is 4.90 Å². The van der Waals surface area contributed by atoms with Gasteiger partial charge in [0.15, 0.2) is 0 Å². The van der Waals surface area contributed by atoms with Gasteiger partial charge in [-0.1, -0.05) is 6.07 Å². The second kappa shape index (κ2) is 7.69. The molecule has 4 nitrogen and oxygen atoms in total. The highest BCUT2D eigenvalue weighted by Crippen LogP contribution is 2.25. The lowest BCUT2D eigenvalue weighted by atomic mass is 10.0. The Morgan fingerprint density at radius 1 is 1.36 bits per heavy atom. The van der Waals surface area contributed by atoms with E-state index in [1.807, 2.05) is 0 Å². The van der Waals surface area contributed by atoms with Gasteiger partial charge in [-0.2, -0.15) is 0 Å². The van der Waals surface area contributed by atoms with Gasteiger partial charge < -0.3 is 15.4 Å². The largest absolute Gasteiger partial charge is 0.573 e. The molecular formula is C14H18ClF3N2O2. The molecule has 2 rings (SSSR count). The average molecular weight is 339 g/mol. The number of nitrogens with zero attached hydrogens (tertiary/aromatic N) is 1. The Hall–Kier alpha value is -1.47. The molecule has 1 aliphatic heterocycles. The minimum Gasteiger partial charge on any atom is -0.406 e. The Morgan fingerprint density at radius 2 is 2.09 bits per heavy atom. The van der Waals surface area contributed by atoms with E-state index in [4.69, 9.17) is 5.73 Å². The number of carbonyl (C=O) groups excluding carboxylic acids is 1. The Morgan fingerprint density at radius 3 is 2.73 bits per heavy atom. The predicted octanol–water partition coefficient (Wildman–Crippen LogP) is 2.96. The van der Waals surface area contributed by atoms with E-state index in [2.05, 4.69) is 4.74 Å². The summed E-state index contributed by atoms with van der Waals surface area (Å²) < 4.78 is 40.5. The Bertz CT molecular complexity index is 511. The van der Waals surface area contributed by atoms with Crippen molar-refractivity contribution in [2.24, 2.45) is 5.73 Å². The molecule has 0 spiro atoms. The molecule has 1 heterocycles. The summed E-state index contributed by atoms with van der Waals surface area (Å²) in [6.07, 6.45) is -2.07. The lowest BCUT2D eigenvalue weighted by Gasteiger charge is -2.35. The zero-order chi connectivity index (χ0) is 15.5. The summed E-state index contributed by atoms with van der Waals surface area (Å²) in [6, 6.07) is 5.07. The van der Waals surface area contributed by atoms with Crippen molar-refractivity contribution >= 4 is 18.3 Å². The standard InChI is InChI=1S/C14H17F3N2O2.ClH/c15-14(16,17)21-12-6-3-4-10(8-12)13(20)19-7-2-1-5-11(19)9-18;/h3-4,6,8,11H,1-2,5,7,9,18H2;1H. The molecule has 0 radical (unpaired) electrons. The van der Waals surface area contributed by atoms with Crippen molar-refractivity contribution in [1.82, 2.24) is 4.90 Å². The smallest absolute Gasteiger partial charge is 0.406 e. The zero-order valence-corrected chi connectivity index (χ0v) is 12.6. The fourth-order valence-corrected chi connectivity index (χ4v) is 2.51. The lowest BCUT2D eigenvalue weighted by molar-refractivity contribution is -0.274. The quantitative estimate of drug-likeness (QED) is 0.922. The summed E-state index contributed by atoms with van der Waals surface area (Å²) in [7, 11) is 0. The first-order valence-corrected chi connectivity index (χ1v) is 6.77. The third kappa shape index (κ3) is 4.78. The monoisotopic (exact) mass is 338 g/mol. The zero-order valence-electron chi connectivity index (χ0n) is 11.8. The van der Waals surface area contributed by atoms with Crippen LogP contribution in [0, 0.1) is 0 Å². The molecule has 8 heteroatoms. The van der Waals surface area contributed by atoms with Crippen LogP contribution < -0.4 is 10.5 Å². The van der Waals surface area contributed by atoms with Gasteiger partial charge in [0.2, 0.25) is 0 Å². The number of nitrogens with two attached hydrogens (primary N) is 1. The van der Waals surface area contributed by atoms with Crippen LogP contribution in [0.4, 0.5) is 13.2 Å². The number of carbonyl (C=O) groups is 1. The van der Waals surface area contributed by atoms with Gasteiger partial charge in [0.1, 0.15) is 5.75 Å². The Balaban J connectivity index is 0.00000242. The highest BCUT2D eigenvalue weighted by atomic mass is 35.5. The average Bonchev–Trinajstić information content (AvgIpc) is 2.45. The molecular weight excluding hydrogens is 321 g/mol. The van der Waals surface area contributed by atoms with Crippen LogP contribution in [0.15, 0.2) is 24.3 Å². The summed E-state index contributed by atoms with van der Waals surface area (Å²) in [5.41, 5.74) is 5.83. The van der Waals surface area contributed by atoms with E-state index in [1.165, 1.54) is 18.2 Å². The third-order valence-electron chi connectivity index (χ3n) is 3.47. The number of piperidine rings is 1. The summed E-state index contributed by atoms with van der Waals surface area (Å²) in [5, 5.41) is 0. The van der Waals surface area contributed by atoms with Crippen LogP contribution in [0.2, 0.25) is 0 Å². The van der Waals surface area contributed by atoms with E-state index in [0.717, 1.165) is 25.3 Å². The topological polar surface area (TPSA) is 55.6 Å². The van der Waals surface area contributed by atoms with Crippen LogP contribution in [-0.4, -0.2) is 36.3 Å². The van der Waals surface area contributed by atoms with Crippen LogP contribution in [0.1, 0.15) is 29.6 Å². The Kier molecular flexibility index (Phi) is 6.49. The lowest BCUT2D eigenvalue weighted by Crippen LogP contribution is -2.47. The molecule has 0 aliphatic carbocycles. The molecule has 1 unspecified atom stereocenters. The van der Waals surface area contributed by atoms with Gasteiger partial charge in [-0.05, 0) is 37.5 Å². The number of amides is 1. The van der Waals surface area contributed by atoms with E-state index in [9.17, 15) is 18.0 Å². The van der Waals surface area contributed by atoms with E-state index < -0.39 is 12.1 Å². The van der Waals surface area contributed by atoms with E-state index >= 15 is 0 Å². The van der Waals surface area contributed by atoms with Gasteiger partial charge >= 0.3 is 6.36 Å². The number of hydrogen-bond acceptors (Lipinski definition) is 3. The number of likely N-dealkylation sites (tertiary alicyclic amines) is 1. The molecule has 1 saturated heterocycles. The molecule has 22 heavy (non-hydrogen) atoms. The molecule has 1 amide bonds. The molecule has 0 bridgehead atoms. The van der Waals surface area contributed by atoms with Crippen molar-refractivity contribution < 1.29 is 22.7 Å². The van der Waals surface area contributed by atoms with Crippen molar-refractivity contribution in [2.75, 3.05) is 13.1 Å². The van der Waals surface area contributed by atoms with Crippen molar-refractivity contribution in [2.45, 2.75) is 31.7 Å². The predicted molar refractivity (Wildman–Crippen MR) is 78.1 cm³/mol.